The number of ether oxygens (including phenoxy) is 1. The predicted octanol–water partition coefficient (Wildman–Crippen LogP) is 3.13. The van der Waals surface area contributed by atoms with Crippen molar-refractivity contribution >= 4 is 11.9 Å². The Morgan fingerprint density at radius 3 is 2.46 bits per heavy atom. The summed E-state index contributed by atoms with van der Waals surface area (Å²) in [5.74, 6) is -0.559. The lowest BCUT2D eigenvalue weighted by atomic mass is 10.1. The zero-order valence-electron chi connectivity index (χ0n) is 14.2. The molecule has 0 saturated carbocycles. The second-order valence-corrected chi connectivity index (χ2v) is 5.74. The quantitative estimate of drug-likeness (QED) is 0.828. The van der Waals surface area contributed by atoms with E-state index in [4.69, 9.17) is 4.74 Å². The first kappa shape index (κ1) is 17.7. The molecule has 1 aromatic carbocycles. The average molecular weight is 326 g/mol. The van der Waals surface area contributed by atoms with Gasteiger partial charge >= 0.3 is 5.97 Å². The number of hydrogen-bond donors (Lipinski definition) is 1. The van der Waals surface area contributed by atoms with Crippen LogP contribution < -0.4 is 5.32 Å². The van der Waals surface area contributed by atoms with E-state index in [0.29, 0.717) is 11.3 Å². The first-order valence-corrected chi connectivity index (χ1v) is 7.98. The molecule has 126 valence electrons. The van der Waals surface area contributed by atoms with Crippen LogP contribution in [0.5, 0.6) is 0 Å². The number of hydrogen-bond acceptors (Lipinski definition) is 4. The summed E-state index contributed by atoms with van der Waals surface area (Å²) >= 11 is 0. The molecule has 2 aromatic rings. The number of rotatable bonds is 6. The molecule has 0 radical (unpaired) electrons. The Morgan fingerprint density at radius 2 is 1.83 bits per heavy atom. The SMILES string of the molecule is Cc1nc(-c2ccccc2)ccc1C(=O)NCCC(=O)OC(C)C. The number of carbonyl (C=O) groups excluding carboxylic acids is 2. The van der Waals surface area contributed by atoms with Gasteiger partial charge in [-0.1, -0.05) is 30.3 Å². The largest absolute Gasteiger partial charge is 0.463 e. The molecular formula is C19H22N2O3. The zero-order valence-corrected chi connectivity index (χ0v) is 14.2. The van der Waals surface area contributed by atoms with Crippen molar-refractivity contribution in [3.05, 3.63) is 53.7 Å². The molecule has 1 aromatic heterocycles. The van der Waals surface area contributed by atoms with E-state index < -0.39 is 0 Å². The fraction of sp³-hybridized carbons (Fsp3) is 0.316. The van der Waals surface area contributed by atoms with E-state index >= 15 is 0 Å². The van der Waals surface area contributed by atoms with Crippen molar-refractivity contribution in [2.24, 2.45) is 0 Å². The third-order valence-corrected chi connectivity index (χ3v) is 3.38. The van der Waals surface area contributed by atoms with Gasteiger partial charge in [0.1, 0.15) is 0 Å². The zero-order chi connectivity index (χ0) is 17.5. The van der Waals surface area contributed by atoms with Crippen LogP contribution in [0.4, 0.5) is 0 Å². The molecule has 0 spiro atoms. The van der Waals surface area contributed by atoms with Crippen LogP contribution in [-0.4, -0.2) is 29.5 Å². The number of aromatic nitrogens is 1. The van der Waals surface area contributed by atoms with E-state index in [-0.39, 0.29) is 30.9 Å². The number of carbonyl (C=O) groups is 2. The first-order valence-electron chi connectivity index (χ1n) is 7.98. The molecule has 0 atom stereocenters. The van der Waals surface area contributed by atoms with Gasteiger partial charge in [-0.05, 0) is 32.9 Å². The minimum atomic E-state index is -0.320. The highest BCUT2D eigenvalue weighted by molar-refractivity contribution is 5.95. The van der Waals surface area contributed by atoms with Gasteiger partial charge in [0.15, 0.2) is 0 Å². The summed E-state index contributed by atoms with van der Waals surface area (Å²) < 4.78 is 5.02. The molecule has 0 aliphatic heterocycles. The van der Waals surface area contributed by atoms with E-state index in [9.17, 15) is 9.59 Å². The van der Waals surface area contributed by atoms with Gasteiger partial charge in [0, 0.05) is 12.1 Å². The van der Waals surface area contributed by atoms with Crippen LogP contribution in [0.25, 0.3) is 11.3 Å². The van der Waals surface area contributed by atoms with Gasteiger partial charge in [0.25, 0.3) is 5.91 Å². The number of esters is 1. The van der Waals surface area contributed by atoms with Crippen molar-refractivity contribution in [2.45, 2.75) is 33.3 Å². The fourth-order valence-corrected chi connectivity index (χ4v) is 2.27. The Kier molecular flexibility index (Phi) is 6.07. The molecular weight excluding hydrogens is 304 g/mol. The van der Waals surface area contributed by atoms with Gasteiger partial charge in [0.2, 0.25) is 0 Å². The monoisotopic (exact) mass is 326 g/mol. The molecule has 0 unspecified atom stereocenters. The third kappa shape index (κ3) is 4.91. The summed E-state index contributed by atoms with van der Waals surface area (Å²) in [6.45, 7) is 5.62. The second kappa shape index (κ2) is 8.24. The molecule has 0 bridgehead atoms. The molecule has 2 rings (SSSR count). The smallest absolute Gasteiger partial charge is 0.307 e. The van der Waals surface area contributed by atoms with Gasteiger partial charge in [-0.3, -0.25) is 14.6 Å². The molecule has 5 heteroatoms. The highest BCUT2D eigenvalue weighted by Crippen LogP contribution is 2.18. The number of amides is 1. The van der Waals surface area contributed by atoms with Crippen LogP contribution in [0.1, 0.15) is 36.3 Å². The first-order chi connectivity index (χ1) is 11.5. The Hall–Kier alpha value is -2.69. The van der Waals surface area contributed by atoms with Crippen LogP contribution in [0, 0.1) is 6.92 Å². The molecule has 0 aliphatic rings. The molecule has 0 aliphatic carbocycles. The van der Waals surface area contributed by atoms with Crippen LogP contribution >= 0.6 is 0 Å². The molecule has 0 saturated heterocycles. The Morgan fingerprint density at radius 1 is 1.12 bits per heavy atom. The van der Waals surface area contributed by atoms with E-state index in [1.807, 2.05) is 36.4 Å². The number of benzene rings is 1. The fourth-order valence-electron chi connectivity index (χ4n) is 2.27. The van der Waals surface area contributed by atoms with Crippen molar-refractivity contribution in [1.82, 2.24) is 10.3 Å². The van der Waals surface area contributed by atoms with Crippen molar-refractivity contribution in [2.75, 3.05) is 6.54 Å². The van der Waals surface area contributed by atoms with Crippen LogP contribution in [0.3, 0.4) is 0 Å². The number of nitrogens with zero attached hydrogens (tertiary/aromatic N) is 1. The third-order valence-electron chi connectivity index (χ3n) is 3.38. The molecule has 1 heterocycles. The Bertz CT molecular complexity index is 712. The Labute approximate surface area is 142 Å². The lowest BCUT2D eigenvalue weighted by Crippen LogP contribution is -2.28. The van der Waals surface area contributed by atoms with Crippen LogP contribution in [0.2, 0.25) is 0 Å². The van der Waals surface area contributed by atoms with Gasteiger partial charge in [-0.15, -0.1) is 0 Å². The molecule has 5 nitrogen and oxygen atoms in total. The minimum absolute atomic E-state index is 0.148. The normalized spacial score (nSPS) is 10.5. The van der Waals surface area contributed by atoms with Crippen molar-refractivity contribution in [3.63, 3.8) is 0 Å². The van der Waals surface area contributed by atoms with E-state index in [1.54, 1.807) is 26.8 Å². The summed E-state index contributed by atoms with van der Waals surface area (Å²) in [4.78, 5) is 28.2. The lowest BCUT2D eigenvalue weighted by molar-refractivity contribution is -0.147. The number of nitrogens with one attached hydrogen (secondary N) is 1. The van der Waals surface area contributed by atoms with Gasteiger partial charge < -0.3 is 10.1 Å². The molecule has 1 N–H and O–H groups in total. The second-order valence-electron chi connectivity index (χ2n) is 5.74. The van der Waals surface area contributed by atoms with E-state index in [0.717, 1.165) is 11.3 Å². The van der Waals surface area contributed by atoms with Crippen molar-refractivity contribution in [3.8, 4) is 11.3 Å². The molecule has 0 fully saturated rings. The summed E-state index contributed by atoms with van der Waals surface area (Å²) in [6, 6.07) is 13.4. The van der Waals surface area contributed by atoms with Gasteiger partial charge in [0.05, 0.1) is 29.5 Å². The maximum absolute atomic E-state index is 12.2. The summed E-state index contributed by atoms with van der Waals surface area (Å²) in [6.07, 6.45) is 0.00330. The van der Waals surface area contributed by atoms with Gasteiger partial charge in [-0.25, -0.2) is 0 Å². The average Bonchev–Trinajstić information content (AvgIpc) is 2.54. The van der Waals surface area contributed by atoms with Crippen LogP contribution in [-0.2, 0) is 9.53 Å². The maximum Gasteiger partial charge on any atom is 0.307 e. The highest BCUT2D eigenvalue weighted by atomic mass is 16.5. The molecule has 24 heavy (non-hydrogen) atoms. The maximum atomic E-state index is 12.2. The summed E-state index contributed by atoms with van der Waals surface area (Å²) in [7, 11) is 0. The standard InChI is InChI=1S/C19H22N2O3/c1-13(2)24-18(22)11-12-20-19(23)16-9-10-17(21-14(16)3)15-7-5-4-6-8-15/h4-10,13H,11-12H2,1-3H3,(H,20,23). The van der Waals surface area contributed by atoms with Crippen LogP contribution in [0.15, 0.2) is 42.5 Å². The van der Waals surface area contributed by atoms with Crippen molar-refractivity contribution < 1.29 is 14.3 Å². The predicted molar refractivity (Wildman–Crippen MR) is 92.6 cm³/mol. The summed E-state index contributed by atoms with van der Waals surface area (Å²) in [5.41, 5.74) is 2.99. The van der Waals surface area contributed by atoms with E-state index in [1.165, 1.54) is 0 Å². The highest BCUT2D eigenvalue weighted by Gasteiger charge is 2.12. The number of aryl methyl sites for hydroxylation is 1. The minimum Gasteiger partial charge on any atom is -0.463 e. The van der Waals surface area contributed by atoms with Gasteiger partial charge in [-0.2, -0.15) is 0 Å². The van der Waals surface area contributed by atoms with Crippen molar-refractivity contribution in [1.29, 1.82) is 0 Å². The topological polar surface area (TPSA) is 68.3 Å². The molecule has 1 amide bonds. The Balaban J connectivity index is 1.97. The summed E-state index contributed by atoms with van der Waals surface area (Å²) in [5, 5.41) is 2.72. The van der Waals surface area contributed by atoms with E-state index in [2.05, 4.69) is 10.3 Å². The lowest BCUT2D eigenvalue weighted by Gasteiger charge is -2.10. The number of pyridine rings is 1.